The Morgan fingerprint density at radius 1 is 1.00 bits per heavy atom. The van der Waals surface area contributed by atoms with Gasteiger partial charge in [-0.05, 0) is 12.1 Å². The Kier molecular flexibility index (Phi) is 6.06. The monoisotopic (exact) mass is 338 g/mol. The van der Waals surface area contributed by atoms with Crippen LogP contribution in [0.5, 0.6) is 0 Å². The fraction of sp³-hybridized carbons (Fsp3) is 0.182. The van der Waals surface area contributed by atoms with Crippen LogP contribution in [-0.4, -0.2) is 23.0 Å². The Hall–Kier alpha value is -1.50. The molecule has 3 amide bonds. The predicted octanol–water partition coefficient (Wildman–Crippen LogP) is 3.16. The summed E-state index contributed by atoms with van der Waals surface area (Å²) < 4.78 is 0. The molecule has 1 rings (SSSR count). The highest BCUT2D eigenvalue weighted by atomic mass is 35.5. The van der Waals surface area contributed by atoms with E-state index >= 15 is 0 Å². The minimum Gasteiger partial charge on any atom is -0.481 e. The van der Waals surface area contributed by atoms with Gasteiger partial charge in [-0.1, -0.05) is 34.8 Å². The molecular weight excluding hydrogens is 330 g/mol. The summed E-state index contributed by atoms with van der Waals surface area (Å²) in [5.41, 5.74) is 0.171. The molecule has 0 heterocycles. The Balaban J connectivity index is 2.61. The van der Waals surface area contributed by atoms with E-state index in [2.05, 4.69) is 5.32 Å². The minimum absolute atomic E-state index is 0.146. The number of urea groups is 1. The van der Waals surface area contributed by atoms with Crippen LogP contribution in [0, 0.1) is 0 Å². The fourth-order valence-electron chi connectivity index (χ4n) is 1.18. The highest BCUT2D eigenvalue weighted by Crippen LogP contribution is 2.32. The molecular formula is C11H9Cl3N2O4. The SMILES string of the molecule is O=C(O)CCC(=O)NC(=O)Nc1cc(Cl)c(Cl)cc1Cl. The number of carbonyl (C=O) groups is 3. The van der Waals surface area contributed by atoms with Gasteiger partial charge in [0, 0.05) is 6.42 Å². The lowest BCUT2D eigenvalue weighted by atomic mass is 10.3. The van der Waals surface area contributed by atoms with E-state index in [-0.39, 0.29) is 33.6 Å². The number of rotatable bonds is 4. The number of carbonyl (C=O) groups excluding carboxylic acids is 2. The fourth-order valence-corrected chi connectivity index (χ4v) is 1.78. The number of imide groups is 1. The summed E-state index contributed by atoms with van der Waals surface area (Å²) in [6.07, 6.45) is -0.676. The lowest BCUT2D eigenvalue weighted by Gasteiger charge is -2.09. The molecule has 0 saturated carbocycles. The van der Waals surface area contributed by atoms with Gasteiger partial charge in [-0.25, -0.2) is 4.79 Å². The van der Waals surface area contributed by atoms with Crippen LogP contribution in [0.3, 0.4) is 0 Å². The molecule has 0 saturated heterocycles. The second-order valence-electron chi connectivity index (χ2n) is 3.64. The van der Waals surface area contributed by atoms with Gasteiger partial charge in [-0.2, -0.15) is 0 Å². The Bertz CT molecular complexity index is 563. The number of benzene rings is 1. The van der Waals surface area contributed by atoms with E-state index in [1.165, 1.54) is 12.1 Å². The molecule has 1 aromatic carbocycles. The van der Waals surface area contributed by atoms with Gasteiger partial charge in [0.05, 0.1) is 27.2 Å². The smallest absolute Gasteiger partial charge is 0.325 e. The van der Waals surface area contributed by atoms with E-state index in [0.29, 0.717) is 0 Å². The zero-order chi connectivity index (χ0) is 15.3. The van der Waals surface area contributed by atoms with Crippen LogP contribution in [-0.2, 0) is 9.59 Å². The summed E-state index contributed by atoms with van der Waals surface area (Å²) in [5, 5.41) is 13.2. The van der Waals surface area contributed by atoms with Gasteiger partial charge in [-0.3, -0.25) is 14.9 Å². The Morgan fingerprint density at radius 2 is 1.60 bits per heavy atom. The van der Waals surface area contributed by atoms with Crippen molar-refractivity contribution in [2.24, 2.45) is 0 Å². The van der Waals surface area contributed by atoms with E-state index in [1.54, 1.807) is 0 Å². The summed E-state index contributed by atoms with van der Waals surface area (Å²) >= 11 is 17.3. The van der Waals surface area contributed by atoms with Gasteiger partial charge in [0.25, 0.3) is 0 Å². The van der Waals surface area contributed by atoms with Gasteiger partial charge in [0.1, 0.15) is 0 Å². The average Bonchev–Trinajstić information content (AvgIpc) is 2.33. The molecule has 3 N–H and O–H groups in total. The van der Waals surface area contributed by atoms with Crippen LogP contribution in [0.15, 0.2) is 12.1 Å². The lowest BCUT2D eigenvalue weighted by molar-refractivity contribution is -0.138. The van der Waals surface area contributed by atoms with E-state index in [9.17, 15) is 14.4 Å². The van der Waals surface area contributed by atoms with Crippen LogP contribution in [0.25, 0.3) is 0 Å². The zero-order valence-corrected chi connectivity index (χ0v) is 12.1. The van der Waals surface area contributed by atoms with Gasteiger partial charge in [0.15, 0.2) is 0 Å². The molecule has 9 heteroatoms. The van der Waals surface area contributed by atoms with E-state index in [0.717, 1.165) is 0 Å². The summed E-state index contributed by atoms with van der Waals surface area (Å²) in [6, 6.07) is 1.82. The van der Waals surface area contributed by atoms with Gasteiger partial charge in [0.2, 0.25) is 5.91 Å². The zero-order valence-electron chi connectivity index (χ0n) is 9.87. The Morgan fingerprint density at radius 3 is 2.20 bits per heavy atom. The molecule has 108 valence electrons. The van der Waals surface area contributed by atoms with Crippen molar-refractivity contribution < 1.29 is 19.5 Å². The Labute approximate surface area is 129 Å². The number of hydrogen-bond acceptors (Lipinski definition) is 3. The number of amides is 3. The number of carboxylic acids is 1. The molecule has 0 atom stereocenters. The number of hydrogen-bond donors (Lipinski definition) is 3. The predicted molar refractivity (Wildman–Crippen MR) is 75.5 cm³/mol. The third kappa shape index (κ3) is 5.24. The maximum atomic E-state index is 11.5. The summed E-state index contributed by atoms with van der Waals surface area (Å²) in [6.45, 7) is 0. The molecule has 0 aliphatic rings. The summed E-state index contributed by atoms with van der Waals surface area (Å²) in [5.74, 6) is -1.85. The molecule has 0 bridgehead atoms. The molecule has 6 nitrogen and oxygen atoms in total. The largest absolute Gasteiger partial charge is 0.481 e. The van der Waals surface area contributed by atoms with Crippen LogP contribution in [0.2, 0.25) is 15.1 Å². The third-order valence-electron chi connectivity index (χ3n) is 2.08. The normalized spacial score (nSPS) is 9.95. The first-order chi connectivity index (χ1) is 9.29. The second-order valence-corrected chi connectivity index (χ2v) is 4.86. The van der Waals surface area contributed by atoms with Crippen LogP contribution in [0.1, 0.15) is 12.8 Å². The standard InChI is InChI=1S/C11H9Cl3N2O4/c12-5-3-7(14)8(4-6(5)13)15-11(20)16-9(17)1-2-10(18)19/h3-4H,1-2H2,(H,18,19)(H2,15,16,17,20). The second kappa shape index (κ2) is 7.33. The highest BCUT2D eigenvalue weighted by Gasteiger charge is 2.12. The first-order valence-corrected chi connectivity index (χ1v) is 6.40. The van der Waals surface area contributed by atoms with Gasteiger partial charge in [-0.15, -0.1) is 0 Å². The van der Waals surface area contributed by atoms with Crippen LogP contribution < -0.4 is 10.6 Å². The van der Waals surface area contributed by atoms with Crippen molar-refractivity contribution in [2.45, 2.75) is 12.8 Å². The first kappa shape index (κ1) is 16.6. The number of halogens is 3. The van der Waals surface area contributed by atoms with Crippen LogP contribution in [0.4, 0.5) is 10.5 Å². The van der Waals surface area contributed by atoms with Crippen molar-refractivity contribution in [1.82, 2.24) is 5.32 Å². The van der Waals surface area contributed by atoms with Crippen molar-refractivity contribution in [3.05, 3.63) is 27.2 Å². The average molecular weight is 340 g/mol. The molecule has 0 spiro atoms. The number of nitrogens with one attached hydrogen (secondary N) is 2. The van der Waals surface area contributed by atoms with Crippen molar-refractivity contribution in [3.63, 3.8) is 0 Å². The van der Waals surface area contributed by atoms with Crippen molar-refractivity contribution in [3.8, 4) is 0 Å². The highest BCUT2D eigenvalue weighted by molar-refractivity contribution is 6.44. The van der Waals surface area contributed by atoms with Gasteiger partial charge >= 0.3 is 12.0 Å². The van der Waals surface area contributed by atoms with Crippen LogP contribution >= 0.6 is 34.8 Å². The molecule has 0 aliphatic heterocycles. The third-order valence-corrected chi connectivity index (χ3v) is 3.11. The number of anilines is 1. The summed E-state index contributed by atoms with van der Waals surface area (Å²) in [7, 11) is 0. The molecule has 0 aliphatic carbocycles. The van der Waals surface area contributed by atoms with E-state index < -0.39 is 17.9 Å². The topological polar surface area (TPSA) is 95.5 Å². The molecule has 0 radical (unpaired) electrons. The van der Waals surface area contributed by atoms with Crippen molar-refractivity contribution >= 4 is 58.4 Å². The summed E-state index contributed by atoms with van der Waals surface area (Å²) in [4.78, 5) is 33.0. The molecule has 0 fully saturated rings. The molecule has 0 aromatic heterocycles. The van der Waals surface area contributed by atoms with Crippen molar-refractivity contribution in [1.29, 1.82) is 0 Å². The minimum atomic E-state index is -1.13. The maximum Gasteiger partial charge on any atom is 0.325 e. The molecule has 20 heavy (non-hydrogen) atoms. The van der Waals surface area contributed by atoms with E-state index in [4.69, 9.17) is 39.9 Å². The lowest BCUT2D eigenvalue weighted by Crippen LogP contribution is -2.34. The quantitative estimate of drug-likeness (QED) is 0.734. The number of carboxylic acid groups (broad SMARTS) is 1. The first-order valence-electron chi connectivity index (χ1n) is 5.26. The van der Waals surface area contributed by atoms with E-state index in [1.807, 2.05) is 5.32 Å². The van der Waals surface area contributed by atoms with Crippen molar-refractivity contribution in [2.75, 3.05) is 5.32 Å². The molecule has 1 aromatic rings. The number of aliphatic carboxylic acids is 1. The van der Waals surface area contributed by atoms with Gasteiger partial charge < -0.3 is 10.4 Å². The molecule has 0 unspecified atom stereocenters. The maximum absolute atomic E-state index is 11.5.